The van der Waals surface area contributed by atoms with Crippen molar-refractivity contribution < 1.29 is 9.90 Å². The van der Waals surface area contributed by atoms with Gasteiger partial charge < -0.3 is 10.4 Å². The molecule has 2 N–H and O–H groups in total. The lowest BCUT2D eigenvalue weighted by Gasteiger charge is -2.06. The van der Waals surface area contributed by atoms with Crippen LogP contribution in [0.15, 0.2) is 42.5 Å². The van der Waals surface area contributed by atoms with E-state index in [1.54, 1.807) is 11.8 Å². The number of carbonyl (C=O) groups excluding carboxylic acids is 1. The predicted octanol–water partition coefficient (Wildman–Crippen LogP) is 2.61. The smallest absolute Gasteiger partial charge is 0.224 e. The maximum Gasteiger partial charge on any atom is 0.224 e. The van der Waals surface area contributed by atoms with E-state index in [9.17, 15) is 4.79 Å². The van der Waals surface area contributed by atoms with E-state index in [-0.39, 0.29) is 12.5 Å². The van der Waals surface area contributed by atoms with Gasteiger partial charge in [-0.2, -0.15) is 11.8 Å². The monoisotopic (exact) mass is 303 g/mol. The molecule has 0 aliphatic rings. The van der Waals surface area contributed by atoms with Gasteiger partial charge >= 0.3 is 0 Å². The molecule has 0 radical (unpaired) electrons. The first kappa shape index (κ1) is 15.9. The van der Waals surface area contributed by atoms with Crippen LogP contribution < -0.4 is 5.32 Å². The van der Waals surface area contributed by atoms with Crippen molar-refractivity contribution in [2.75, 3.05) is 24.7 Å². The Labute approximate surface area is 129 Å². The summed E-state index contributed by atoms with van der Waals surface area (Å²) < 4.78 is 0. The van der Waals surface area contributed by atoms with Crippen LogP contribution >= 0.6 is 11.8 Å². The molecule has 0 bridgehead atoms. The highest BCUT2D eigenvalue weighted by molar-refractivity contribution is 7.99. The molecule has 2 rings (SSSR count). The fraction of sp³-hybridized carbons (Fsp3) is 0.353. The number of hydrogen-bond donors (Lipinski definition) is 2. The summed E-state index contributed by atoms with van der Waals surface area (Å²) >= 11 is 1.75. The molecular weight excluding hydrogens is 282 g/mol. The van der Waals surface area contributed by atoms with Crippen molar-refractivity contribution in [1.82, 2.24) is 5.32 Å². The van der Waals surface area contributed by atoms with E-state index in [1.807, 2.05) is 18.2 Å². The van der Waals surface area contributed by atoms with Crippen molar-refractivity contribution in [3.63, 3.8) is 0 Å². The second-order valence-corrected chi connectivity index (χ2v) is 6.12. The number of aliphatic hydroxyl groups is 1. The van der Waals surface area contributed by atoms with Crippen molar-refractivity contribution in [3.8, 4) is 0 Å². The van der Waals surface area contributed by atoms with Gasteiger partial charge in [0.2, 0.25) is 5.91 Å². The van der Waals surface area contributed by atoms with Crippen molar-refractivity contribution in [3.05, 3.63) is 48.0 Å². The van der Waals surface area contributed by atoms with Crippen molar-refractivity contribution in [1.29, 1.82) is 0 Å². The third-order valence-electron chi connectivity index (χ3n) is 3.19. The molecule has 2 aromatic rings. The Hall–Kier alpha value is -1.52. The zero-order valence-electron chi connectivity index (χ0n) is 12.0. The molecule has 0 unspecified atom stereocenters. The maximum absolute atomic E-state index is 11.9. The molecule has 112 valence electrons. The minimum Gasteiger partial charge on any atom is -0.396 e. The standard InChI is InChI=1S/C17H21NO2S/c19-9-3-10-21-11-8-18-17(20)13-14-6-7-15-4-1-2-5-16(15)12-14/h1-2,4-7,12,19H,3,8-11,13H2,(H,18,20). The second-order valence-electron chi connectivity index (χ2n) is 4.90. The molecule has 0 saturated heterocycles. The summed E-state index contributed by atoms with van der Waals surface area (Å²) in [5, 5.41) is 14.0. The van der Waals surface area contributed by atoms with Gasteiger partial charge in [0, 0.05) is 18.9 Å². The van der Waals surface area contributed by atoms with Crippen molar-refractivity contribution in [2.45, 2.75) is 12.8 Å². The van der Waals surface area contributed by atoms with Crippen LogP contribution in [0.25, 0.3) is 10.8 Å². The van der Waals surface area contributed by atoms with E-state index in [0.717, 1.165) is 23.5 Å². The van der Waals surface area contributed by atoms with Gasteiger partial charge in [-0.05, 0) is 28.5 Å². The van der Waals surface area contributed by atoms with Gasteiger partial charge in [-0.15, -0.1) is 0 Å². The van der Waals surface area contributed by atoms with Gasteiger partial charge in [-0.1, -0.05) is 42.5 Å². The van der Waals surface area contributed by atoms with Gasteiger partial charge in [-0.3, -0.25) is 4.79 Å². The van der Waals surface area contributed by atoms with Gasteiger partial charge in [0.25, 0.3) is 0 Å². The minimum absolute atomic E-state index is 0.0630. The summed E-state index contributed by atoms with van der Waals surface area (Å²) in [5.74, 6) is 1.90. The Bertz CT molecular complexity index is 586. The lowest BCUT2D eigenvalue weighted by Crippen LogP contribution is -2.27. The Morgan fingerprint density at radius 1 is 1.10 bits per heavy atom. The lowest BCUT2D eigenvalue weighted by molar-refractivity contribution is -0.120. The SMILES string of the molecule is O=C(Cc1ccc2ccccc2c1)NCCSCCCO. The third-order valence-corrected chi connectivity index (χ3v) is 4.26. The van der Waals surface area contributed by atoms with Crippen LogP contribution in [0.5, 0.6) is 0 Å². The number of hydrogen-bond acceptors (Lipinski definition) is 3. The zero-order chi connectivity index (χ0) is 14.9. The predicted molar refractivity (Wildman–Crippen MR) is 89.7 cm³/mol. The Morgan fingerprint density at radius 2 is 1.90 bits per heavy atom. The molecule has 0 heterocycles. The number of benzene rings is 2. The fourth-order valence-corrected chi connectivity index (χ4v) is 2.91. The highest BCUT2D eigenvalue weighted by atomic mass is 32.2. The van der Waals surface area contributed by atoms with Crippen LogP contribution in [0.4, 0.5) is 0 Å². The molecule has 0 atom stereocenters. The van der Waals surface area contributed by atoms with E-state index in [0.29, 0.717) is 13.0 Å². The van der Waals surface area contributed by atoms with E-state index >= 15 is 0 Å². The lowest BCUT2D eigenvalue weighted by atomic mass is 10.1. The van der Waals surface area contributed by atoms with Gasteiger partial charge in [-0.25, -0.2) is 0 Å². The Morgan fingerprint density at radius 3 is 2.71 bits per heavy atom. The quantitative estimate of drug-likeness (QED) is 0.737. The van der Waals surface area contributed by atoms with Crippen LogP contribution in [0.1, 0.15) is 12.0 Å². The number of nitrogens with one attached hydrogen (secondary N) is 1. The molecule has 0 saturated carbocycles. The van der Waals surface area contributed by atoms with E-state index in [2.05, 4.69) is 29.6 Å². The number of rotatable bonds is 8. The van der Waals surface area contributed by atoms with Gasteiger partial charge in [0.15, 0.2) is 0 Å². The molecule has 0 fully saturated rings. The normalized spacial score (nSPS) is 10.7. The van der Waals surface area contributed by atoms with Gasteiger partial charge in [0.05, 0.1) is 6.42 Å². The van der Waals surface area contributed by atoms with Crippen molar-refractivity contribution in [2.24, 2.45) is 0 Å². The third kappa shape index (κ3) is 5.40. The topological polar surface area (TPSA) is 49.3 Å². The summed E-state index contributed by atoms with van der Waals surface area (Å²) in [7, 11) is 0. The molecule has 0 aliphatic heterocycles. The average molecular weight is 303 g/mol. The number of amides is 1. The first-order valence-corrected chi connectivity index (χ1v) is 8.38. The molecular formula is C17H21NO2S. The summed E-state index contributed by atoms with van der Waals surface area (Å²) in [6.45, 7) is 0.920. The van der Waals surface area contributed by atoms with Crippen LogP contribution in [0, 0.1) is 0 Å². The van der Waals surface area contributed by atoms with E-state index < -0.39 is 0 Å². The number of carbonyl (C=O) groups is 1. The molecule has 2 aromatic carbocycles. The molecule has 21 heavy (non-hydrogen) atoms. The number of fused-ring (bicyclic) bond motifs is 1. The Kier molecular flexibility index (Phi) is 6.57. The van der Waals surface area contributed by atoms with Crippen LogP contribution in [-0.2, 0) is 11.2 Å². The van der Waals surface area contributed by atoms with Crippen LogP contribution in [0.3, 0.4) is 0 Å². The van der Waals surface area contributed by atoms with Crippen LogP contribution in [0.2, 0.25) is 0 Å². The average Bonchev–Trinajstić information content (AvgIpc) is 2.50. The molecule has 1 amide bonds. The highest BCUT2D eigenvalue weighted by Gasteiger charge is 2.03. The highest BCUT2D eigenvalue weighted by Crippen LogP contribution is 2.15. The van der Waals surface area contributed by atoms with E-state index in [4.69, 9.17) is 5.11 Å². The number of aliphatic hydroxyl groups excluding tert-OH is 1. The molecule has 4 heteroatoms. The minimum atomic E-state index is 0.0630. The molecule has 0 aromatic heterocycles. The first-order chi connectivity index (χ1) is 10.3. The largest absolute Gasteiger partial charge is 0.396 e. The maximum atomic E-state index is 11.9. The molecule has 0 aliphatic carbocycles. The zero-order valence-corrected chi connectivity index (χ0v) is 12.9. The van der Waals surface area contributed by atoms with E-state index in [1.165, 1.54) is 10.8 Å². The first-order valence-electron chi connectivity index (χ1n) is 7.22. The fourth-order valence-electron chi connectivity index (χ4n) is 2.13. The second kappa shape index (κ2) is 8.70. The van der Waals surface area contributed by atoms with Crippen molar-refractivity contribution >= 4 is 28.4 Å². The molecule has 0 spiro atoms. The van der Waals surface area contributed by atoms with Crippen LogP contribution in [-0.4, -0.2) is 35.7 Å². The Balaban J connectivity index is 1.76. The summed E-state index contributed by atoms with van der Waals surface area (Å²) in [6.07, 6.45) is 1.24. The summed E-state index contributed by atoms with van der Waals surface area (Å²) in [6, 6.07) is 14.3. The van der Waals surface area contributed by atoms with Gasteiger partial charge in [0.1, 0.15) is 0 Å². The number of thioether (sulfide) groups is 1. The molecule has 3 nitrogen and oxygen atoms in total. The summed E-state index contributed by atoms with van der Waals surface area (Å²) in [4.78, 5) is 11.9. The summed E-state index contributed by atoms with van der Waals surface area (Å²) in [5.41, 5.74) is 1.04.